The van der Waals surface area contributed by atoms with Gasteiger partial charge in [-0.3, -0.25) is 0 Å². The van der Waals surface area contributed by atoms with Crippen LogP contribution >= 0.6 is 0 Å². The number of aliphatic hydroxyl groups is 2. The Balaban J connectivity index is 2.42. The molecule has 0 aliphatic heterocycles. The van der Waals surface area contributed by atoms with Crippen LogP contribution in [0.5, 0.6) is 11.5 Å². The molecule has 4 rings (SSSR count). The summed E-state index contributed by atoms with van der Waals surface area (Å²) in [5.41, 5.74) is -18.7. The van der Waals surface area contributed by atoms with Gasteiger partial charge in [0.25, 0.3) is 0 Å². The zero-order valence-corrected chi connectivity index (χ0v) is 21.7. The molecule has 0 bridgehead atoms. The lowest BCUT2D eigenvalue weighted by Crippen LogP contribution is -2.54. The average Bonchev–Trinajstić information content (AvgIpc) is 2.95. The summed E-state index contributed by atoms with van der Waals surface area (Å²) < 4.78 is 189. The smallest absolute Gasteiger partial charge is 0.204 e. The molecule has 4 aromatic carbocycles. The lowest BCUT2D eigenvalue weighted by molar-refractivity contribution is -0.124. The Kier molecular flexibility index (Phi) is 8.30. The van der Waals surface area contributed by atoms with Gasteiger partial charge in [-0.2, -0.15) is 17.6 Å². The molecule has 16 heteroatoms. The first-order valence-corrected chi connectivity index (χ1v) is 11.7. The number of methoxy groups -OCH3 is 2. The Morgan fingerprint density at radius 1 is 0.455 bits per heavy atom. The van der Waals surface area contributed by atoms with Crippen LogP contribution in [0.1, 0.15) is 22.3 Å². The predicted octanol–water partition coefficient (Wildman–Crippen LogP) is 6.55. The highest BCUT2D eigenvalue weighted by molar-refractivity contribution is 5.55. The molecule has 0 saturated heterocycles. The summed E-state index contributed by atoms with van der Waals surface area (Å²) in [4.78, 5) is 0. The number of halogens is 12. The summed E-state index contributed by atoms with van der Waals surface area (Å²) in [5.74, 6) is -32.3. The van der Waals surface area contributed by atoms with E-state index in [9.17, 15) is 36.6 Å². The van der Waals surface area contributed by atoms with Crippen LogP contribution in [0, 0.1) is 69.8 Å². The summed E-state index contributed by atoms with van der Waals surface area (Å²) in [7, 11) is 1.01. The van der Waals surface area contributed by atoms with E-state index in [-0.39, 0.29) is 36.4 Å². The predicted molar refractivity (Wildman–Crippen MR) is 124 cm³/mol. The Morgan fingerprint density at radius 3 is 0.955 bits per heavy atom. The Hall–Kier alpha value is -4.44. The van der Waals surface area contributed by atoms with Crippen LogP contribution in [-0.4, -0.2) is 24.4 Å². The van der Waals surface area contributed by atoms with Crippen LogP contribution in [0.3, 0.4) is 0 Å². The molecule has 2 atom stereocenters. The second-order valence-corrected chi connectivity index (χ2v) is 9.00. The SMILES string of the molecule is COc1c(F)c(F)c(C(O)(c2ccc(F)cc2F)C(O)(c2ccc(F)cc2F)c2c(F)c(F)c(OC)c(F)c2F)c(F)c1F. The van der Waals surface area contributed by atoms with Crippen LogP contribution in [0.15, 0.2) is 36.4 Å². The standard InChI is InChI=1S/C28H14F12O4/c1-43-25-21(37)17(33)15(18(34)22(25)38)27(41,11-5-3-9(29)7-13(11)31)28(42,12-6-4-10(30)8-14(12)32)16-19(35)23(39)26(44-2)24(40)20(16)36/h3-8,41-42H,1-2H3. The zero-order chi connectivity index (χ0) is 33.0. The van der Waals surface area contributed by atoms with Crippen molar-refractivity contribution in [3.63, 3.8) is 0 Å². The van der Waals surface area contributed by atoms with E-state index >= 15 is 26.3 Å². The molecular weight excluding hydrogens is 628 g/mol. The molecule has 0 aliphatic carbocycles. The molecule has 2 unspecified atom stereocenters. The van der Waals surface area contributed by atoms with Gasteiger partial charge in [0, 0.05) is 23.3 Å². The topological polar surface area (TPSA) is 58.9 Å². The maximum absolute atomic E-state index is 15.6. The number of benzene rings is 4. The lowest BCUT2D eigenvalue weighted by Gasteiger charge is -2.45. The van der Waals surface area contributed by atoms with Crippen molar-refractivity contribution in [2.24, 2.45) is 0 Å². The fourth-order valence-electron chi connectivity index (χ4n) is 4.80. The van der Waals surface area contributed by atoms with Crippen molar-refractivity contribution in [1.82, 2.24) is 0 Å². The van der Waals surface area contributed by atoms with Gasteiger partial charge in [-0.05, 0) is 24.3 Å². The van der Waals surface area contributed by atoms with E-state index in [0.717, 1.165) is 0 Å². The van der Waals surface area contributed by atoms with Gasteiger partial charge in [-0.1, -0.05) is 0 Å². The van der Waals surface area contributed by atoms with Gasteiger partial charge in [0.1, 0.15) is 23.3 Å². The van der Waals surface area contributed by atoms with Crippen LogP contribution in [0.25, 0.3) is 0 Å². The molecule has 4 aromatic rings. The van der Waals surface area contributed by atoms with E-state index in [1.165, 1.54) is 0 Å². The Labute approximate surface area is 238 Å². The molecule has 0 heterocycles. The highest BCUT2D eigenvalue weighted by atomic mass is 19.2. The highest BCUT2D eigenvalue weighted by Gasteiger charge is 2.62. The molecule has 2 N–H and O–H groups in total. The molecule has 0 saturated carbocycles. The molecule has 0 aromatic heterocycles. The molecule has 0 radical (unpaired) electrons. The molecule has 234 valence electrons. The van der Waals surface area contributed by atoms with Crippen molar-refractivity contribution >= 4 is 0 Å². The number of rotatable bonds is 7. The van der Waals surface area contributed by atoms with Gasteiger partial charge in [-0.15, -0.1) is 0 Å². The maximum atomic E-state index is 15.6. The Bertz CT molecular complexity index is 1630. The third kappa shape index (κ3) is 4.42. The summed E-state index contributed by atoms with van der Waals surface area (Å²) in [5, 5.41) is 24.1. The summed E-state index contributed by atoms with van der Waals surface area (Å²) in [6, 6.07) is 0.104. The van der Waals surface area contributed by atoms with Crippen molar-refractivity contribution < 1.29 is 72.4 Å². The number of hydrogen-bond donors (Lipinski definition) is 2. The molecule has 0 aliphatic rings. The second kappa shape index (κ2) is 11.2. The normalized spacial score (nSPS) is 14.3. The van der Waals surface area contributed by atoms with Crippen molar-refractivity contribution in [3.8, 4) is 11.5 Å². The zero-order valence-electron chi connectivity index (χ0n) is 21.7. The monoisotopic (exact) mass is 642 g/mol. The molecule has 0 amide bonds. The van der Waals surface area contributed by atoms with E-state index in [1.807, 2.05) is 0 Å². The number of ether oxygens (including phenoxy) is 2. The first kappa shape index (κ1) is 32.5. The summed E-state index contributed by atoms with van der Waals surface area (Å²) >= 11 is 0. The molecular formula is C28H14F12O4. The molecule has 0 fully saturated rings. The molecule has 4 nitrogen and oxygen atoms in total. The second-order valence-electron chi connectivity index (χ2n) is 9.00. The van der Waals surface area contributed by atoms with Crippen LogP contribution in [0.4, 0.5) is 52.7 Å². The van der Waals surface area contributed by atoms with Crippen LogP contribution in [-0.2, 0) is 11.2 Å². The van der Waals surface area contributed by atoms with Gasteiger partial charge in [0.2, 0.25) is 23.3 Å². The van der Waals surface area contributed by atoms with Crippen molar-refractivity contribution in [2.45, 2.75) is 11.2 Å². The molecule has 0 spiro atoms. The van der Waals surface area contributed by atoms with Crippen LogP contribution < -0.4 is 9.47 Å². The van der Waals surface area contributed by atoms with Crippen molar-refractivity contribution in [1.29, 1.82) is 0 Å². The van der Waals surface area contributed by atoms with E-state index in [0.29, 0.717) is 14.2 Å². The minimum absolute atomic E-state index is 0.0298. The van der Waals surface area contributed by atoms with Gasteiger partial charge >= 0.3 is 0 Å². The fraction of sp³-hybridized carbons (Fsp3) is 0.143. The van der Waals surface area contributed by atoms with Crippen LogP contribution in [0.2, 0.25) is 0 Å². The minimum atomic E-state index is -4.86. The molecule has 44 heavy (non-hydrogen) atoms. The van der Waals surface area contributed by atoms with Crippen molar-refractivity contribution in [2.75, 3.05) is 14.2 Å². The van der Waals surface area contributed by atoms with Gasteiger partial charge < -0.3 is 19.7 Å². The quantitative estimate of drug-likeness (QED) is 0.178. The highest BCUT2D eigenvalue weighted by Crippen LogP contribution is 2.55. The van der Waals surface area contributed by atoms with E-state index in [1.54, 1.807) is 0 Å². The Morgan fingerprint density at radius 2 is 0.727 bits per heavy atom. The third-order valence-electron chi connectivity index (χ3n) is 6.74. The lowest BCUT2D eigenvalue weighted by atomic mass is 9.65. The van der Waals surface area contributed by atoms with Gasteiger partial charge in [0.15, 0.2) is 46.0 Å². The first-order chi connectivity index (χ1) is 20.5. The average molecular weight is 642 g/mol. The summed E-state index contributed by atoms with van der Waals surface area (Å²) in [6.07, 6.45) is 0. The third-order valence-corrected chi connectivity index (χ3v) is 6.74. The minimum Gasteiger partial charge on any atom is -0.491 e. The van der Waals surface area contributed by atoms with Gasteiger partial charge in [-0.25, -0.2) is 35.1 Å². The summed E-state index contributed by atoms with van der Waals surface area (Å²) in [6.45, 7) is 0. The van der Waals surface area contributed by atoms with Crippen molar-refractivity contribution in [3.05, 3.63) is 128 Å². The van der Waals surface area contributed by atoms with E-state index < -0.39 is 115 Å². The fourth-order valence-corrected chi connectivity index (χ4v) is 4.80. The first-order valence-electron chi connectivity index (χ1n) is 11.7. The number of hydrogen-bond acceptors (Lipinski definition) is 4. The van der Waals surface area contributed by atoms with Gasteiger partial charge in [0.05, 0.1) is 25.3 Å². The maximum Gasteiger partial charge on any atom is 0.204 e. The largest absolute Gasteiger partial charge is 0.491 e. The van der Waals surface area contributed by atoms with E-state index in [2.05, 4.69) is 9.47 Å². The van der Waals surface area contributed by atoms with E-state index in [4.69, 9.17) is 0 Å².